The number of thiophene rings is 1. The van der Waals surface area contributed by atoms with Gasteiger partial charge in [-0.25, -0.2) is 9.97 Å². The van der Waals surface area contributed by atoms with Crippen molar-refractivity contribution < 1.29 is 4.52 Å². The van der Waals surface area contributed by atoms with Crippen molar-refractivity contribution >= 4 is 33.3 Å². The van der Waals surface area contributed by atoms with Crippen molar-refractivity contribution in [2.24, 2.45) is 0 Å². The van der Waals surface area contributed by atoms with E-state index in [1.165, 1.54) is 10.4 Å². The van der Waals surface area contributed by atoms with Gasteiger partial charge >= 0.3 is 0 Å². The minimum absolute atomic E-state index is 0.602. The fraction of sp³-hybridized carbons (Fsp3) is 0.174. The standard InChI is InChI=1S/C23H19N5OS2/c1-15-25-22(18-14-19(31-23(18)26-15)16-6-3-2-4-7-16)30-13-5-8-20-27-21(28-29-20)17-9-11-24-12-10-17/h2-4,6-7,9-12,14H,5,8,13H2,1H3. The van der Waals surface area contributed by atoms with Crippen LogP contribution in [0.5, 0.6) is 0 Å². The predicted molar refractivity (Wildman–Crippen MR) is 124 cm³/mol. The van der Waals surface area contributed by atoms with E-state index in [1.807, 2.05) is 25.1 Å². The normalized spacial score (nSPS) is 11.3. The molecule has 0 amide bonds. The lowest BCUT2D eigenvalue weighted by atomic mass is 10.2. The average Bonchev–Trinajstić information content (AvgIpc) is 3.45. The molecule has 6 nitrogen and oxygen atoms in total. The van der Waals surface area contributed by atoms with E-state index < -0.39 is 0 Å². The molecule has 0 saturated carbocycles. The zero-order valence-electron chi connectivity index (χ0n) is 16.9. The minimum atomic E-state index is 0.602. The fourth-order valence-corrected chi connectivity index (χ4v) is 5.36. The Kier molecular flexibility index (Phi) is 5.73. The first-order valence-electron chi connectivity index (χ1n) is 9.95. The molecule has 0 aliphatic carbocycles. The average molecular weight is 446 g/mol. The van der Waals surface area contributed by atoms with Crippen LogP contribution in [0.1, 0.15) is 18.1 Å². The first-order valence-corrected chi connectivity index (χ1v) is 11.8. The Labute approximate surface area is 187 Å². The van der Waals surface area contributed by atoms with Gasteiger partial charge < -0.3 is 4.52 Å². The molecular weight excluding hydrogens is 426 g/mol. The number of pyridine rings is 1. The second kappa shape index (κ2) is 8.95. The highest BCUT2D eigenvalue weighted by atomic mass is 32.2. The highest BCUT2D eigenvalue weighted by Crippen LogP contribution is 2.36. The Morgan fingerprint density at radius 3 is 2.65 bits per heavy atom. The minimum Gasteiger partial charge on any atom is -0.339 e. The van der Waals surface area contributed by atoms with Crippen LogP contribution in [0.15, 0.2) is 70.5 Å². The predicted octanol–water partition coefficient (Wildman–Crippen LogP) is 5.84. The lowest BCUT2D eigenvalue weighted by Gasteiger charge is -2.02. The maximum atomic E-state index is 5.40. The van der Waals surface area contributed by atoms with E-state index in [2.05, 4.69) is 50.4 Å². The summed E-state index contributed by atoms with van der Waals surface area (Å²) >= 11 is 3.47. The molecule has 5 rings (SSSR count). The van der Waals surface area contributed by atoms with Crippen LogP contribution in [-0.4, -0.2) is 30.8 Å². The summed E-state index contributed by atoms with van der Waals surface area (Å²) in [6, 6.07) is 16.4. The van der Waals surface area contributed by atoms with Gasteiger partial charge in [0.05, 0.1) is 0 Å². The van der Waals surface area contributed by atoms with Crippen molar-refractivity contribution in [1.29, 1.82) is 0 Å². The van der Waals surface area contributed by atoms with E-state index in [4.69, 9.17) is 9.51 Å². The lowest BCUT2D eigenvalue weighted by Crippen LogP contribution is -1.93. The van der Waals surface area contributed by atoms with Crippen molar-refractivity contribution in [2.75, 3.05) is 5.75 Å². The van der Waals surface area contributed by atoms with Crippen LogP contribution in [0.4, 0.5) is 0 Å². The molecular formula is C23H19N5OS2. The van der Waals surface area contributed by atoms with Crippen LogP contribution in [0.2, 0.25) is 0 Å². The molecule has 1 aromatic carbocycles. The summed E-state index contributed by atoms with van der Waals surface area (Å²) < 4.78 is 5.40. The van der Waals surface area contributed by atoms with Crippen molar-refractivity contribution in [3.63, 3.8) is 0 Å². The Balaban J connectivity index is 1.26. The van der Waals surface area contributed by atoms with Crippen LogP contribution in [0, 0.1) is 6.92 Å². The molecule has 0 N–H and O–H groups in total. The van der Waals surface area contributed by atoms with Gasteiger partial charge in [0, 0.05) is 40.4 Å². The first kappa shape index (κ1) is 19.8. The molecule has 0 spiro atoms. The van der Waals surface area contributed by atoms with Gasteiger partial charge in [0.1, 0.15) is 15.7 Å². The zero-order chi connectivity index (χ0) is 21.0. The maximum absolute atomic E-state index is 5.40. The van der Waals surface area contributed by atoms with Crippen molar-refractivity contribution in [3.8, 4) is 21.8 Å². The Morgan fingerprint density at radius 1 is 0.968 bits per heavy atom. The van der Waals surface area contributed by atoms with Gasteiger partial charge in [-0.1, -0.05) is 35.5 Å². The second-order valence-corrected chi connectivity index (χ2v) is 9.09. The number of nitrogens with zero attached hydrogens (tertiary/aromatic N) is 5. The lowest BCUT2D eigenvalue weighted by molar-refractivity contribution is 0.378. The molecule has 0 aliphatic rings. The van der Waals surface area contributed by atoms with Gasteiger partial charge in [0.2, 0.25) is 11.7 Å². The van der Waals surface area contributed by atoms with E-state index in [-0.39, 0.29) is 0 Å². The zero-order valence-corrected chi connectivity index (χ0v) is 18.5. The molecule has 5 aromatic rings. The number of fused-ring (bicyclic) bond motifs is 1. The van der Waals surface area contributed by atoms with Gasteiger partial charge in [0.15, 0.2) is 0 Å². The summed E-state index contributed by atoms with van der Waals surface area (Å²) in [6.45, 7) is 1.95. The van der Waals surface area contributed by atoms with Crippen LogP contribution in [-0.2, 0) is 6.42 Å². The summed E-state index contributed by atoms with van der Waals surface area (Å²) in [5.74, 6) is 2.97. The van der Waals surface area contributed by atoms with E-state index in [0.29, 0.717) is 11.7 Å². The molecule has 8 heteroatoms. The second-order valence-electron chi connectivity index (χ2n) is 6.97. The number of hydrogen-bond acceptors (Lipinski definition) is 8. The highest BCUT2D eigenvalue weighted by molar-refractivity contribution is 7.99. The van der Waals surface area contributed by atoms with Crippen molar-refractivity contribution in [1.82, 2.24) is 25.1 Å². The van der Waals surface area contributed by atoms with Gasteiger partial charge in [-0.15, -0.1) is 23.1 Å². The summed E-state index contributed by atoms with van der Waals surface area (Å²) in [5, 5.41) is 6.22. The SMILES string of the molecule is Cc1nc(SCCCc2nc(-c3ccncc3)no2)c2cc(-c3ccccc3)sc2n1. The number of aryl methyl sites for hydroxylation is 2. The largest absolute Gasteiger partial charge is 0.339 e. The van der Waals surface area contributed by atoms with E-state index in [0.717, 1.165) is 45.2 Å². The summed E-state index contributed by atoms with van der Waals surface area (Å²) in [4.78, 5) is 20.1. The van der Waals surface area contributed by atoms with Crippen LogP contribution < -0.4 is 0 Å². The van der Waals surface area contributed by atoms with Crippen molar-refractivity contribution in [3.05, 3.63) is 72.6 Å². The molecule has 4 heterocycles. The third kappa shape index (κ3) is 4.50. The monoisotopic (exact) mass is 445 g/mol. The molecule has 31 heavy (non-hydrogen) atoms. The molecule has 154 valence electrons. The highest BCUT2D eigenvalue weighted by Gasteiger charge is 2.13. The smallest absolute Gasteiger partial charge is 0.226 e. The number of rotatable bonds is 7. The molecule has 0 saturated heterocycles. The van der Waals surface area contributed by atoms with Gasteiger partial charge in [0.25, 0.3) is 0 Å². The number of hydrogen-bond donors (Lipinski definition) is 0. The van der Waals surface area contributed by atoms with Crippen LogP contribution in [0.25, 0.3) is 32.0 Å². The number of aromatic nitrogens is 5. The van der Waals surface area contributed by atoms with Gasteiger partial charge in [-0.2, -0.15) is 4.98 Å². The van der Waals surface area contributed by atoms with E-state index in [1.54, 1.807) is 35.5 Å². The molecule has 0 radical (unpaired) electrons. The summed E-state index contributed by atoms with van der Waals surface area (Å²) in [5.41, 5.74) is 2.12. The van der Waals surface area contributed by atoms with E-state index in [9.17, 15) is 0 Å². The topological polar surface area (TPSA) is 77.6 Å². The molecule has 0 bridgehead atoms. The maximum Gasteiger partial charge on any atom is 0.226 e. The fourth-order valence-electron chi connectivity index (χ4n) is 3.22. The Morgan fingerprint density at radius 2 is 1.81 bits per heavy atom. The molecule has 0 unspecified atom stereocenters. The number of thioether (sulfide) groups is 1. The quantitative estimate of drug-likeness (QED) is 0.177. The first-order chi connectivity index (χ1) is 15.3. The Hall–Kier alpha value is -3.10. The molecule has 0 atom stereocenters. The molecule has 0 fully saturated rings. The molecule has 0 aliphatic heterocycles. The van der Waals surface area contributed by atoms with Crippen molar-refractivity contribution in [2.45, 2.75) is 24.8 Å². The van der Waals surface area contributed by atoms with Gasteiger partial charge in [-0.3, -0.25) is 4.98 Å². The summed E-state index contributed by atoms with van der Waals surface area (Å²) in [7, 11) is 0. The van der Waals surface area contributed by atoms with Gasteiger partial charge in [-0.05, 0) is 37.1 Å². The third-order valence-electron chi connectivity index (χ3n) is 4.71. The summed E-state index contributed by atoms with van der Waals surface area (Å²) in [6.07, 6.45) is 5.10. The Bertz CT molecular complexity index is 1300. The third-order valence-corrected chi connectivity index (χ3v) is 6.86. The van der Waals surface area contributed by atoms with Crippen LogP contribution >= 0.6 is 23.1 Å². The molecule has 4 aromatic heterocycles. The van der Waals surface area contributed by atoms with Crippen LogP contribution in [0.3, 0.4) is 0 Å². The number of benzene rings is 1. The van der Waals surface area contributed by atoms with E-state index >= 15 is 0 Å².